The zero-order valence-electron chi connectivity index (χ0n) is 15.5. The fraction of sp³-hybridized carbons (Fsp3) is 0.182. The SMILES string of the molecule is Nc1ccc2c(c1)CN(c1ncc(Cc3ccc(-n4cccn4)cc3)s1)CC2. The predicted octanol–water partition coefficient (Wildman–Crippen LogP) is 4.06. The van der Waals surface area contributed by atoms with Gasteiger partial charge in [0.15, 0.2) is 5.13 Å². The van der Waals surface area contributed by atoms with Gasteiger partial charge in [-0.05, 0) is 53.4 Å². The molecule has 3 heterocycles. The summed E-state index contributed by atoms with van der Waals surface area (Å²) in [5.74, 6) is 0. The summed E-state index contributed by atoms with van der Waals surface area (Å²) in [6.45, 7) is 1.88. The van der Waals surface area contributed by atoms with Crippen molar-refractivity contribution < 1.29 is 0 Å². The molecule has 0 spiro atoms. The first-order valence-electron chi connectivity index (χ1n) is 9.40. The number of rotatable bonds is 4. The highest BCUT2D eigenvalue weighted by Crippen LogP contribution is 2.30. The van der Waals surface area contributed by atoms with E-state index in [1.165, 1.54) is 21.6 Å². The van der Waals surface area contributed by atoms with Crippen LogP contribution in [0, 0.1) is 0 Å². The van der Waals surface area contributed by atoms with E-state index in [2.05, 4.69) is 51.4 Å². The highest BCUT2D eigenvalue weighted by Gasteiger charge is 2.19. The summed E-state index contributed by atoms with van der Waals surface area (Å²) in [5, 5.41) is 5.37. The number of benzene rings is 2. The van der Waals surface area contributed by atoms with Gasteiger partial charge in [-0.1, -0.05) is 18.2 Å². The molecule has 0 bridgehead atoms. The van der Waals surface area contributed by atoms with Crippen LogP contribution in [0.5, 0.6) is 0 Å². The third kappa shape index (κ3) is 3.39. The van der Waals surface area contributed by atoms with Crippen LogP contribution < -0.4 is 10.6 Å². The van der Waals surface area contributed by atoms with E-state index in [1.807, 2.05) is 29.2 Å². The molecule has 1 aliphatic heterocycles. The van der Waals surface area contributed by atoms with Gasteiger partial charge in [0.2, 0.25) is 0 Å². The van der Waals surface area contributed by atoms with Crippen LogP contribution in [-0.2, 0) is 19.4 Å². The molecule has 6 heteroatoms. The minimum atomic E-state index is 0.832. The second kappa shape index (κ2) is 7.13. The van der Waals surface area contributed by atoms with E-state index in [0.29, 0.717) is 0 Å². The van der Waals surface area contributed by atoms with Crippen molar-refractivity contribution in [2.75, 3.05) is 17.2 Å². The maximum atomic E-state index is 5.96. The van der Waals surface area contributed by atoms with Crippen LogP contribution in [0.2, 0.25) is 0 Å². The Morgan fingerprint density at radius 2 is 1.96 bits per heavy atom. The molecule has 0 saturated heterocycles. The van der Waals surface area contributed by atoms with Crippen molar-refractivity contribution in [1.29, 1.82) is 0 Å². The Morgan fingerprint density at radius 1 is 1.07 bits per heavy atom. The summed E-state index contributed by atoms with van der Waals surface area (Å²) >= 11 is 1.78. The number of hydrogen-bond donors (Lipinski definition) is 1. The summed E-state index contributed by atoms with van der Waals surface area (Å²) in [7, 11) is 0. The Hall–Kier alpha value is -3.12. The summed E-state index contributed by atoms with van der Waals surface area (Å²) < 4.78 is 1.87. The second-order valence-electron chi connectivity index (χ2n) is 7.10. The molecule has 0 amide bonds. The van der Waals surface area contributed by atoms with Gasteiger partial charge in [-0.15, -0.1) is 11.3 Å². The Morgan fingerprint density at radius 3 is 2.79 bits per heavy atom. The van der Waals surface area contributed by atoms with Crippen LogP contribution in [0.1, 0.15) is 21.6 Å². The number of nitrogens with zero attached hydrogens (tertiary/aromatic N) is 4. The van der Waals surface area contributed by atoms with Crippen LogP contribution >= 0.6 is 11.3 Å². The molecule has 0 unspecified atom stereocenters. The number of nitrogen functional groups attached to an aromatic ring is 1. The van der Waals surface area contributed by atoms with Gasteiger partial charge < -0.3 is 10.6 Å². The topological polar surface area (TPSA) is 60.0 Å². The second-order valence-corrected chi connectivity index (χ2v) is 8.20. The van der Waals surface area contributed by atoms with Crippen molar-refractivity contribution in [3.63, 3.8) is 0 Å². The Bertz CT molecular complexity index is 1080. The lowest BCUT2D eigenvalue weighted by Crippen LogP contribution is -2.30. The third-order valence-corrected chi connectivity index (χ3v) is 6.20. The van der Waals surface area contributed by atoms with Crippen LogP contribution in [0.4, 0.5) is 10.8 Å². The van der Waals surface area contributed by atoms with Gasteiger partial charge >= 0.3 is 0 Å². The number of thiazole rings is 1. The largest absolute Gasteiger partial charge is 0.399 e. The van der Waals surface area contributed by atoms with Crippen LogP contribution in [0.25, 0.3) is 5.69 Å². The van der Waals surface area contributed by atoms with Gasteiger partial charge in [-0.3, -0.25) is 0 Å². The molecule has 2 aromatic heterocycles. The molecular weight excluding hydrogens is 366 g/mol. The molecule has 2 aromatic carbocycles. The minimum Gasteiger partial charge on any atom is -0.399 e. The van der Waals surface area contributed by atoms with Crippen LogP contribution in [-0.4, -0.2) is 21.3 Å². The molecule has 5 nitrogen and oxygen atoms in total. The number of fused-ring (bicyclic) bond motifs is 1. The quantitative estimate of drug-likeness (QED) is 0.537. The van der Waals surface area contributed by atoms with Crippen molar-refractivity contribution in [2.24, 2.45) is 0 Å². The van der Waals surface area contributed by atoms with Crippen LogP contribution in [0.15, 0.2) is 67.1 Å². The van der Waals surface area contributed by atoms with E-state index in [1.54, 1.807) is 17.5 Å². The normalized spacial score (nSPS) is 13.5. The number of nitrogens with two attached hydrogens (primary N) is 1. The number of hydrogen-bond acceptors (Lipinski definition) is 5. The van der Waals surface area contributed by atoms with Crippen LogP contribution in [0.3, 0.4) is 0 Å². The van der Waals surface area contributed by atoms with Gasteiger partial charge in [-0.25, -0.2) is 9.67 Å². The predicted molar refractivity (Wildman–Crippen MR) is 114 cm³/mol. The van der Waals surface area contributed by atoms with E-state index in [-0.39, 0.29) is 0 Å². The monoisotopic (exact) mass is 387 g/mol. The third-order valence-electron chi connectivity index (χ3n) is 5.14. The molecular formula is C22H21N5S. The Labute approximate surface area is 168 Å². The van der Waals surface area contributed by atoms with Gasteiger partial charge in [0.1, 0.15) is 0 Å². The lowest BCUT2D eigenvalue weighted by atomic mass is 9.99. The first-order chi connectivity index (χ1) is 13.7. The Balaban J connectivity index is 1.29. The van der Waals surface area contributed by atoms with E-state index in [4.69, 9.17) is 5.73 Å². The van der Waals surface area contributed by atoms with Crippen molar-refractivity contribution in [3.8, 4) is 5.69 Å². The molecule has 1 aliphatic rings. The molecule has 5 rings (SSSR count). The molecule has 0 fully saturated rings. The maximum absolute atomic E-state index is 5.96. The van der Waals surface area contributed by atoms with E-state index in [9.17, 15) is 0 Å². The van der Waals surface area contributed by atoms with Gasteiger partial charge in [0.25, 0.3) is 0 Å². The van der Waals surface area contributed by atoms with Gasteiger partial charge in [0.05, 0.1) is 5.69 Å². The van der Waals surface area contributed by atoms with E-state index >= 15 is 0 Å². The highest BCUT2D eigenvalue weighted by atomic mass is 32.1. The lowest BCUT2D eigenvalue weighted by molar-refractivity contribution is 0.729. The molecule has 0 aliphatic carbocycles. The molecule has 2 N–H and O–H groups in total. The van der Waals surface area contributed by atoms with Crippen molar-refractivity contribution in [1.82, 2.24) is 14.8 Å². The average Bonchev–Trinajstić information content (AvgIpc) is 3.40. The number of anilines is 2. The number of aromatic nitrogens is 3. The molecule has 28 heavy (non-hydrogen) atoms. The van der Waals surface area contributed by atoms with Crippen molar-refractivity contribution >= 4 is 22.2 Å². The molecule has 140 valence electrons. The fourth-order valence-corrected chi connectivity index (χ4v) is 4.62. The minimum absolute atomic E-state index is 0.832. The smallest absolute Gasteiger partial charge is 0.185 e. The zero-order valence-corrected chi connectivity index (χ0v) is 16.3. The fourth-order valence-electron chi connectivity index (χ4n) is 3.65. The molecule has 0 radical (unpaired) electrons. The van der Waals surface area contributed by atoms with E-state index < -0.39 is 0 Å². The Kier molecular flexibility index (Phi) is 4.33. The zero-order chi connectivity index (χ0) is 18.9. The summed E-state index contributed by atoms with van der Waals surface area (Å²) in [4.78, 5) is 8.32. The van der Waals surface area contributed by atoms with E-state index in [0.717, 1.165) is 42.4 Å². The summed E-state index contributed by atoms with van der Waals surface area (Å²) in [5.41, 5.74) is 11.9. The molecule has 0 saturated carbocycles. The van der Waals surface area contributed by atoms with Crippen molar-refractivity contribution in [3.05, 3.63) is 88.7 Å². The highest BCUT2D eigenvalue weighted by molar-refractivity contribution is 7.15. The maximum Gasteiger partial charge on any atom is 0.185 e. The van der Waals surface area contributed by atoms with Crippen molar-refractivity contribution in [2.45, 2.75) is 19.4 Å². The standard InChI is InChI=1S/C22H21N5S/c23-19-5-4-17-8-11-26(15-18(17)13-19)22-24-14-21(28-22)12-16-2-6-20(7-3-16)27-10-1-9-25-27/h1-7,9-10,13-14H,8,11-12,15,23H2. The average molecular weight is 388 g/mol. The summed E-state index contributed by atoms with van der Waals surface area (Å²) in [6, 6.07) is 16.7. The molecule has 0 atom stereocenters. The van der Waals surface area contributed by atoms with Gasteiger partial charge in [0, 0.05) is 48.7 Å². The first kappa shape index (κ1) is 17.0. The lowest BCUT2D eigenvalue weighted by Gasteiger charge is -2.28. The summed E-state index contributed by atoms with van der Waals surface area (Å²) in [6.07, 6.45) is 7.69. The van der Waals surface area contributed by atoms with Gasteiger partial charge in [-0.2, -0.15) is 5.10 Å². The first-order valence-corrected chi connectivity index (χ1v) is 10.2. The molecule has 4 aromatic rings.